The van der Waals surface area contributed by atoms with Crippen LogP contribution in [0.5, 0.6) is 0 Å². The zero-order chi connectivity index (χ0) is 58.0. The van der Waals surface area contributed by atoms with Crippen molar-refractivity contribution in [2.24, 2.45) is 0 Å². The van der Waals surface area contributed by atoms with Crippen LogP contribution in [0, 0.1) is 0 Å². The summed E-state index contributed by atoms with van der Waals surface area (Å²) in [6.45, 7) is 14.8. The van der Waals surface area contributed by atoms with Gasteiger partial charge in [0.1, 0.15) is 27.5 Å². The van der Waals surface area contributed by atoms with E-state index in [1.165, 1.54) is 9.75 Å². The second-order valence-corrected chi connectivity index (χ2v) is 25.1. The lowest BCUT2D eigenvalue weighted by molar-refractivity contribution is -0.0390. The van der Waals surface area contributed by atoms with E-state index in [4.69, 9.17) is 56.8 Å². The van der Waals surface area contributed by atoms with Gasteiger partial charge < -0.3 is 33.1 Å². The van der Waals surface area contributed by atoms with E-state index in [0.717, 1.165) is 182 Å². The lowest BCUT2D eigenvalue weighted by Gasteiger charge is -2.34. The predicted octanol–water partition coefficient (Wildman–Crippen LogP) is 6.34. The van der Waals surface area contributed by atoms with Crippen LogP contribution in [-0.2, 0) is 59.9 Å². The molecule has 6 aromatic heterocycles. The molecule has 0 radical (unpaired) electrons. The quantitative estimate of drug-likeness (QED) is 0.0644. The smallest absolute Gasteiger partial charge is 0.394 e. The normalized spacial score (nSPS) is 19.7. The SMILES string of the molecule is II.O=S(=O)(O)O.O=S([O-])CN1CCN(Cc2cc3c(N4CCOCC4)nc(-c4cccc5[nH]ncc45)nc3s2)CC1.O=S([O-])CN1CCN(Cc2cc3c(N4CCOCC4)nc(-c4cccc5nn(C6CCCCO6)cc45)nc3s2)CC1. The van der Waals surface area contributed by atoms with Gasteiger partial charge >= 0.3 is 10.4 Å². The zero-order valence-corrected chi connectivity index (χ0v) is 53.4. The number of halogens is 2. The van der Waals surface area contributed by atoms with Gasteiger partial charge in [0.2, 0.25) is 0 Å². The number of hydrogen-bond acceptors (Lipinski definition) is 23. The van der Waals surface area contributed by atoms with Crippen molar-refractivity contribution in [3.8, 4) is 22.8 Å². The van der Waals surface area contributed by atoms with E-state index in [0.29, 0.717) is 38.1 Å². The first-order chi connectivity index (χ1) is 40.2. The Bertz CT molecular complexity index is 3610. The highest BCUT2D eigenvalue weighted by Gasteiger charge is 2.26. The average molecular weight is 1460 g/mol. The predicted molar refractivity (Wildman–Crippen MR) is 337 cm³/mol. The molecule has 3 atom stereocenters. The summed E-state index contributed by atoms with van der Waals surface area (Å²) in [4.78, 5) is 38.2. The van der Waals surface area contributed by atoms with Crippen molar-refractivity contribution < 1.29 is 49.3 Å². The van der Waals surface area contributed by atoms with Crippen LogP contribution in [0.25, 0.3) is 65.0 Å². The molecular formula is C51H62I2N14O11S5-2. The molecule has 0 bridgehead atoms. The number of piperazine rings is 2. The van der Waals surface area contributed by atoms with Crippen LogP contribution in [0.4, 0.5) is 11.6 Å². The summed E-state index contributed by atoms with van der Waals surface area (Å²) in [5.74, 6) is 3.55. The van der Waals surface area contributed by atoms with Gasteiger partial charge in [-0.3, -0.25) is 42.2 Å². The Hall–Kier alpha value is -3.67. The van der Waals surface area contributed by atoms with Gasteiger partial charge in [0.05, 0.1) is 66.2 Å². The van der Waals surface area contributed by atoms with Crippen molar-refractivity contribution >= 4 is 146 Å². The standard InChI is InChI=1S/C28H35N7O4S2.C23H27N7O3S2.I2.H2O4S/c36-41(37)19-33-9-7-32(8-10-33)17-20-16-22-27(34-11-14-38-15-12-34)29-26(30-28(22)40-20)21-4-3-5-24-23(21)18-35(31-24)25-6-1-2-13-39-25;31-35(32)15-29-6-4-28(5-7-29)14-16-12-18-22(30-8-10-33-11-9-30)25-21(26-23(18)34-16)17-2-1-3-20-19(17)13-24-27-20;1-2;1-5(2,3)4/h3-5,16,18,25H,1-2,6-15,17,19H2,(H,36,37);1-3,12-13H,4-11,14-15H2,(H,24,27)(H,31,32);;(H2,1,2,3,4)/p-2. The van der Waals surface area contributed by atoms with Crippen molar-refractivity contribution in [2.75, 3.05) is 133 Å². The number of hydrogen-bond donors (Lipinski definition) is 3. The van der Waals surface area contributed by atoms with Gasteiger partial charge in [0.25, 0.3) is 0 Å². The maximum Gasteiger partial charge on any atom is 0.394 e. The molecule has 11 heterocycles. The van der Waals surface area contributed by atoms with E-state index in [9.17, 15) is 17.5 Å². The van der Waals surface area contributed by atoms with Gasteiger partial charge in [0, 0.05) is 173 Å². The number of H-pyrrole nitrogens is 1. The Morgan fingerprint density at radius 1 is 0.639 bits per heavy atom. The van der Waals surface area contributed by atoms with E-state index in [1.807, 2.05) is 51.0 Å². The number of anilines is 2. The summed E-state index contributed by atoms with van der Waals surface area (Å²) in [6.07, 6.45) is 7.11. The van der Waals surface area contributed by atoms with Crippen LogP contribution in [0.15, 0.2) is 60.9 Å². The molecule has 8 aromatic rings. The van der Waals surface area contributed by atoms with Crippen molar-refractivity contribution in [1.82, 2.24) is 59.5 Å². The van der Waals surface area contributed by atoms with E-state index in [2.05, 4.69) is 91.4 Å². The minimum Gasteiger partial charge on any atom is -0.771 e. The number of benzene rings is 2. The third kappa shape index (κ3) is 16.5. The zero-order valence-electron chi connectivity index (χ0n) is 45.0. The van der Waals surface area contributed by atoms with Crippen LogP contribution >= 0.6 is 59.9 Å². The van der Waals surface area contributed by atoms with Gasteiger partial charge in [0.15, 0.2) is 11.6 Å². The van der Waals surface area contributed by atoms with Gasteiger partial charge in [-0.25, -0.2) is 24.6 Å². The van der Waals surface area contributed by atoms with Crippen LogP contribution in [0.3, 0.4) is 0 Å². The molecule has 25 nitrogen and oxygen atoms in total. The lowest BCUT2D eigenvalue weighted by Crippen LogP contribution is -2.46. The Morgan fingerprint density at radius 3 is 1.60 bits per heavy atom. The molecular weight excluding hydrogens is 1400 g/mol. The van der Waals surface area contributed by atoms with Crippen LogP contribution < -0.4 is 9.80 Å². The maximum absolute atomic E-state index is 11.1. The van der Waals surface area contributed by atoms with Crippen LogP contribution in [-0.4, -0.2) is 218 Å². The topological polar surface area (TPSA) is 300 Å². The minimum atomic E-state index is -4.67. The third-order valence-corrected chi connectivity index (χ3v) is 17.9. The molecule has 0 spiro atoms. The highest BCUT2D eigenvalue weighted by molar-refractivity contribution is 15.0. The number of thiophene rings is 2. The van der Waals surface area contributed by atoms with E-state index in [-0.39, 0.29) is 18.0 Å². The first kappa shape index (κ1) is 62.4. The highest BCUT2D eigenvalue weighted by atomic mass is 128. The van der Waals surface area contributed by atoms with E-state index >= 15 is 0 Å². The van der Waals surface area contributed by atoms with E-state index < -0.39 is 32.6 Å². The van der Waals surface area contributed by atoms with Gasteiger partial charge in [-0.1, -0.05) is 24.3 Å². The number of aromatic amines is 1. The fraction of sp³-hybridized carbons (Fsp3) is 0.490. The molecule has 2 aromatic carbocycles. The van der Waals surface area contributed by atoms with Crippen molar-refractivity contribution in [3.63, 3.8) is 0 Å². The number of nitrogens with zero attached hydrogens (tertiary/aromatic N) is 13. The molecule has 5 aliphatic heterocycles. The molecule has 13 rings (SSSR count). The van der Waals surface area contributed by atoms with E-state index in [1.54, 1.807) is 22.7 Å². The monoisotopic (exact) mass is 1460 g/mol. The Labute approximate surface area is 515 Å². The second-order valence-electron chi connectivity index (χ2n) is 20.2. The molecule has 0 amide bonds. The molecule has 5 saturated heterocycles. The number of rotatable bonds is 13. The molecule has 0 saturated carbocycles. The van der Waals surface area contributed by atoms with Gasteiger partial charge in [-0.2, -0.15) is 18.6 Å². The highest BCUT2D eigenvalue weighted by Crippen LogP contribution is 2.38. The van der Waals surface area contributed by atoms with Crippen LogP contribution in [0.1, 0.15) is 35.2 Å². The first-order valence-electron chi connectivity index (χ1n) is 26.9. The number of morpholine rings is 2. The molecule has 83 heavy (non-hydrogen) atoms. The summed E-state index contributed by atoms with van der Waals surface area (Å²) >= 11 is 3.61. The number of ether oxygens (including phenoxy) is 3. The molecule has 5 fully saturated rings. The fourth-order valence-electron chi connectivity index (χ4n) is 10.7. The van der Waals surface area contributed by atoms with Crippen LogP contribution in [0.2, 0.25) is 0 Å². The van der Waals surface area contributed by atoms with Gasteiger partial charge in [-0.05, 0) is 65.7 Å². The second kappa shape index (κ2) is 29.4. The summed E-state index contributed by atoms with van der Waals surface area (Å²) in [5.41, 5.74) is 3.82. The largest absolute Gasteiger partial charge is 0.771 e. The minimum absolute atomic E-state index is 0.0273. The third-order valence-electron chi connectivity index (χ3n) is 14.7. The number of nitrogens with one attached hydrogen (secondary N) is 1. The fourth-order valence-corrected chi connectivity index (χ4v) is 14.0. The molecule has 3 N–H and O–H groups in total. The number of fused-ring (bicyclic) bond motifs is 4. The average Bonchev–Trinajstić information content (AvgIpc) is 3.24. The van der Waals surface area contributed by atoms with Crippen molar-refractivity contribution in [1.29, 1.82) is 0 Å². The number of aromatic nitrogens is 8. The lowest BCUT2D eigenvalue weighted by atomic mass is 10.1. The van der Waals surface area contributed by atoms with Gasteiger partial charge in [-0.15, -0.1) is 22.7 Å². The summed E-state index contributed by atoms with van der Waals surface area (Å²) in [5, 5.41) is 16.3. The molecule has 0 aliphatic carbocycles. The first-order valence-corrected chi connectivity index (χ1v) is 38.7. The molecule has 3 unspecified atom stereocenters. The summed E-state index contributed by atoms with van der Waals surface area (Å²) in [7, 11) is -4.67. The van der Waals surface area contributed by atoms with Crippen molar-refractivity contribution in [2.45, 2.75) is 38.6 Å². The van der Waals surface area contributed by atoms with Crippen molar-refractivity contribution in [3.05, 3.63) is 70.7 Å². The molecule has 448 valence electrons. The molecule has 32 heteroatoms. The molecule has 5 aliphatic rings. The summed E-state index contributed by atoms with van der Waals surface area (Å²) < 4.78 is 95.0. The summed E-state index contributed by atoms with van der Waals surface area (Å²) in [6, 6.07) is 16.7. The Morgan fingerprint density at radius 2 is 1.12 bits per heavy atom. The maximum atomic E-state index is 11.1. The Kier molecular flexibility index (Phi) is 22.1. The Balaban J connectivity index is 0.000000169.